The molecule has 0 amide bonds. The standard InChI is InChI=1S/C9H12O2/c1-6(2)9(10)8-4-7(3)11-5-8/h4-5,9-10H,1H2,2-3H3. The van der Waals surface area contributed by atoms with Gasteiger partial charge in [-0.05, 0) is 25.5 Å². The van der Waals surface area contributed by atoms with Crippen LogP contribution in [0.3, 0.4) is 0 Å². The molecular weight excluding hydrogens is 140 g/mol. The highest BCUT2D eigenvalue weighted by Crippen LogP contribution is 2.21. The van der Waals surface area contributed by atoms with Crippen molar-refractivity contribution in [2.75, 3.05) is 0 Å². The predicted molar refractivity (Wildman–Crippen MR) is 43.2 cm³/mol. The predicted octanol–water partition coefficient (Wildman–Crippen LogP) is 2.20. The maximum atomic E-state index is 9.45. The molecule has 1 heterocycles. The van der Waals surface area contributed by atoms with Crippen LogP contribution in [-0.2, 0) is 0 Å². The van der Waals surface area contributed by atoms with Crippen LogP contribution in [0, 0.1) is 6.92 Å². The van der Waals surface area contributed by atoms with Crippen molar-refractivity contribution in [3.05, 3.63) is 35.8 Å². The lowest BCUT2D eigenvalue weighted by molar-refractivity contribution is 0.215. The third-order valence-electron chi connectivity index (χ3n) is 1.53. The highest BCUT2D eigenvalue weighted by molar-refractivity contribution is 5.21. The first-order valence-corrected chi connectivity index (χ1v) is 3.49. The number of furan rings is 1. The summed E-state index contributed by atoms with van der Waals surface area (Å²) in [4.78, 5) is 0. The first-order valence-electron chi connectivity index (χ1n) is 3.49. The molecule has 0 fully saturated rings. The van der Waals surface area contributed by atoms with Crippen LogP contribution in [0.2, 0.25) is 0 Å². The Hall–Kier alpha value is -1.02. The molecular formula is C9H12O2. The van der Waals surface area contributed by atoms with Crippen LogP contribution in [0.25, 0.3) is 0 Å². The number of hydrogen-bond donors (Lipinski definition) is 1. The molecule has 11 heavy (non-hydrogen) atoms. The molecule has 0 saturated heterocycles. The number of hydrogen-bond acceptors (Lipinski definition) is 2. The molecule has 0 saturated carbocycles. The van der Waals surface area contributed by atoms with E-state index >= 15 is 0 Å². The highest BCUT2D eigenvalue weighted by atomic mass is 16.3. The van der Waals surface area contributed by atoms with Crippen molar-refractivity contribution in [3.63, 3.8) is 0 Å². The normalized spacial score (nSPS) is 13.0. The molecule has 2 nitrogen and oxygen atoms in total. The summed E-state index contributed by atoms with van der Waals surface area (Å²) in [6.07, 6.45) is 0.960. The molecule has 0 aliphatic rings. The Morgan fingerprint density at radius 3 is 2.73 bits per heavy atom. The van der Waals surface area contributed by atoms with Crippen molar-refractivity contribution < 1.29 is 9.52 Å². The quantitative estimate of drug-likeness (QED) is 0.659. The van der Waals surface area contributed by atoms with Crippen molar-refractivity contribution in [1.29, 1.82) is 0 Å². The lowest BCUT2D eigenvalue weighted by atomic mass is 10.1. The Labute approximate surface area is 66.2 Å². The van der Waals surface area contributed by atoms with Gasteiger partial charge in [-0.15, -0.1) is 0 Å². The van der Waals surface area contributed by atoms with E-state index in [2.05, 4.69) is 6.58 Å². The monoisotopic (exact) mass is 152 g/mol. The van der Waals surface area contributed by atoms with Gasteiger partial charge in [0.1, 0.15) is 11.9 Å². The third kappa shape index (κ3) is 1.71. The molecule has 2 heteroatoms. The topological polar surface area (TPSA) is 33.4 Å². The molecule has 1 unspecified atom stereocenters. The fraction of sp³-hybridized carbons (Fsp3) is 0.333. The van der Waals surface area contributed by atoms with Crippen LogP contribution in [0.1, 0.15) is 24.4 Å². The third-order valence-corrected chi connectivity index (χ3v) is 1.53. The van der Waals surface area contributed by atoms with Crippen molar-refractivity contribution in [2.24, 2.45) is 0 Å². The van der Waals surface area contributed by atoms with Crippen LogP contribution in [0.15, 0.2) is 28.9 Å². The van der Waals surface area contributed by atoms with Crippen LogP contribution in [0.5, 0.6) is 0 Å². The minimum absolute atomic E-state index is 0.590. The molecule has 1 aromatic heterocycles. The SMILES string of the molecule is C=C(C)C(O)c1coc(C)c1. The Kier molecular flexibility index (Phi) is 2.15. The number of rotatable bonds is 2. The molecule has 0 aliphatic heterocycles. The van der Waals surface area contributed by atoms with Gasteiger partial charge in [0.2, 0.25) is 0 Å². The van der Waals surface area contributed by atoms with E-state index in [1.165, 1.54) is 0 Å². The van der Waals surface area contributed by atoms with Gasteiger partial charge in [0.05, 0.1) is 6.26 Å². The van der Waals surface area contributed by atoms with E-state index in [9.17, 15) is 5.11 Å². The lowest BCUT2D eigenvalue weighted by Crippen LogP contribution is -1.94. The summed E-state index contributed by atoms with van der Waals surface area (Å²) in [5, 5.41) is 9.45. The molecule has 0 bridgehead atoms. The minimum atomic E-state index is -0.590. The summed E-state index contributed by atoms with van der Waals surface area (Å²) < 4.78 is 5.03. The van der Waals surface area contributed by atoms with Gasteiger partial charge in [-0.2, -0.15) is 0 Å². The molecule has 0 radical (unpaired) electrons. The van der Waals surface area contributed by atoms with Gasteiger partial charge in [0, 0.05) is 5.56 Å². The zero-order valence-electron chi connectivity index (χ0n) is 6.79. The van der Waals surface area contributed by atoms with Crippen LogP contribution >= 0.6 is 0 Å². The molecule has 1 N–H and O–H groups in total. The first kappa shape index (κ1) is 8.08. The molecule has 1 aromatic rings. The maximum Gasteiger partial charge on any atom is 0.103 e. The molecule has 1 atom stereocenters. The lowest BCUT2D eigenvalue weighted by Gasteiger charge is -2.05. The summed E-state index contributed by atoms with van der Waals surface area (Å²) in [5.41, 5.74) is 1.50. The Balaban J connectivity index is 2.84. The number of aliphatic hydroxyl groups is 1. The van der Waals surface area contributed by atoms with Gasteiger partial charge >= 0.3 is 0 Å². The van der Waals surface area contributed by atoms with Gasteiger partial charge in [0.25, 0.3) is 0 Å². The Morgan fingerprint density at radius 1 is 1.73 bits per heavy atom. The summed E-state index contributed by atoms with van der Waals surface area (Å²) in [6.45, 7) is 7.28. The Morgan fingerprint density at radius 2 is 2.36 bits per heavy atom. The van der Waals surface area contributed by atoms with Crippen LogP contribution in [0.4, 0.5) is 0 Å². The van der Waals surface area contributed by atoms with E-state index in [-0.39, 0.29) is 0 Å². The summed E-state index contributed by atoms with van der Waals surface area (Å²) in [5.74, 6) is 0.806. The maximum absolute atomic E-state index is 9.45. The fourth-order valence-corrected chi connectivity index (χ4v) is 0.892. The second kappa shape index (κ2) is 2.93. The number of aliphatic hydroxyl groups excluding tert-OH is 1. The molecule has 60 valence electrons. The summed E-state index contributed by atoms with van der Waals surface area (Å²) in [7, 11) is 0. The zero-order valence-corrected chi connectivity index (χ0v) is 6.79. The highest BCUT2D eigenvalue weighted by Gasteiger charge is 2.09. The zero-order chi connectivity index (χ0) is 8.43. The van der Waals surface area contributed by atoms with Gasteiger partial charge in [-0.1, -0.05) is 6.58 Å². The Bertz CT molecular complexity index is 260. The van der Waals surface area contributed by atoms with Crippen molar-refractivity contribution in [1.82, 2.24) is 0 Å². The second-order valence-corrected chi connectivity index (χ2v) is 2.74. The average molecular weight is 152 g/mol. The minimum Gasteiger partial charge on any atom is -0.469 e. The van der Waals surface area contributed by atoms with Gasteiger partial charge in [0.15, 0.2) is 0 Å². The average Bonchev–Trinajstić information content (AvgIpc) is 2.34. The van der Waals surface area contributed by atoms with Crippen LogP contribution in [-0.4, -0.2) is 5.11 Å². The van der Waals surface area contributed by atoms with Gasteiger partial charge in [-0.3, -0.25) is 0 Å². The molecule has 0 aromatic carbocycles. The molecule has 1 rings (SSSR count). The smallest absolute Gasteiger partial charge is 0.103 e. The second-order valence-electron chi connectivity index (χ2n) is 2.74. The fourth-order valence-electron chi connectivity index (χ4n) is 0.892. The largest absolute Gasteiger partial charge is 0.469 e. The van der Waals surface area contributed by atoms with E-state index in [1.54, 1.807) is 19.3 Å². The number of aryl methyl sites for hydroxylation is 1. The molecule has 0 aliphatic carbocycles. The first-order chi connectivity index (χ1) is 5.11. The van der Waals surface area contributed by atoms with Crippen molar-refractivity contribution in [3.8, 4) is 0 Å². The van der Waals surface area contributed by atoms with Crippen molar-refractivity contribution >= 4 is 0 Å². The van der Waals surface area contributed by atoms with Gasteiger partial charge < -0.3 is 9.52 Å². The van der Waals surface area contributed by atoms with E-state index < -0.39 is 6.10 Å². The van der Waals surface area contributed by atoms with Crippen LogP contribution < -0.4 is 0 Å². The van der Waals surface area contributed by atoms with E-state index in [0.29, 0.717) is 0 Å². The van der Waals surface area contributed by atoms with Gasteiger partial charge in [-0.25, -0.2) is 0 Å². The molecule has 0 spiro atoms. The summed E-state index contributed by atoms with van der Waals surface area (Å²) in [6, 6.07) is 1.80. The van der Waals surface area contributed by atoms with E-state index in [4.69, 9.17) is 4.42 Å². The van der Waals surface area contributed by atoms with E-state index in [0.717, 1.165) is 16.9 Å². The summed E-state index contributed by atoms with van der Waals surface area (Å²) >= 11 is 0. The van der Waals surface area contributed by atoms with E-state index in [1.807, 2.05) is 6.92 Å². The van der Waals surface area contributed by atoms with Crippen molar-refractivity contribution in [2.45, 2.75) is 20.0 Å².